The number of Topliss-reactive ketones (excluding diaryl/α,β-unsaturated/α-hetero) is 1. The second-order valence-corrected chi connectivity index (χ2v) is 12.0. The zero-order valence-corrected chi connectivity index (χ0v) is 23.4. The molecule has 0 radical (unpaired) electrons. The van der Waals surface area contributed by atoms with Gasteiger partial charge in [-0.1, -0.05) is 20.8 Å². The molecule has 0 amide bonds. The van der Waals surface area contributed by atoms with Crippen molar-refractivity contribution in [3.63, 3.8) is 0 Å². The minimum atomic E-state index is -1.22. The number of carbonyl (C=O) groups is 5. The Bertz CT molecular complexity index is 1100. The molecule has 38 heavy (non-hydrogen) atoms. The highest BCUT2D eigenvalue weighted by molar-refractivity contribution is 5.91. The smallest absolute Gasteiger partial charge is 0.303 e. The van der Waals surface area contributed by atoms with E-state index >= 15 is 0 Å². The van der Waals surface area contributed by atoms with Crippen molar-refractivity contribution in [1.82, 2.24) is 0 Å². The summed E-state index contributed by atoms with van der Waals surface area (Å²) in [5.41, 5.74) is -1.62. The van der Waals surface area contributed by atoms with Gasteiger partial charge in [0.05, 0.1) is 6.61 Å². The van der Waals surface area contributed by atoms with Gasteiger partial charge < -0.3 is 23.7 Å². The molecule has 0 N–H and O–H groups in total. The van der Waals surface area contributed by atoms with E-state index < -0.39 is 76.6 Å². The van der Waals surface area contributed by atoms with Gasteiger partial charge in [0.2, 0.25) is 0 Å². The van der Waals surface area contributed by atoms with Crippen LogP contribution in [0, 0.1) is 22.7 Å². The average molecular weight is 535 g/mol. The summed E-state index contributed by atoms with van der Waals surface area (Å²) in [6.07, 6.45) is -2.79. The standard InChI is InChI=1S/C28H38O10/c1-13-19(35-14(2)29)11-18-22(36-15(3)30)24-27(8,10-9-20(33)28(24)12-34-28)25(38-17(5)32)23(37-16(4)31)21(13)26(18,6)7/h18-19,22-25H,9-12H2,1-8H3/t18-,19-,22+,23+,24-,25-,27+,28+/m0/s1. The molecule has 0 unspecified atom stereocenters. The third kappa shape index (κ3) is 4.44. The first-order valence-corrected chi connectivity index (χ1v) is 13.1. The van der Waals surface area contributed by atoms with Gasteiger partial charge in [0.25, 0.3) is 0 Å². The van der Waals surface area contributed by atoms with E-state index in [1.807, 2.05) is 27.7 Å². The van der Waals surface area contributed by atoms with E-state index in [1.54, 1.807) is 0 Å². The van der Waals surface area contributed by atoms with E-state index in [9.17, 15) is 24.0 Å². The molecule has 0 aromatic carbocycles. The molecule has 8 atom stereocenters. The Balaban J connectivity index is 2.07. The fraction of sp³-hybridized carbons (Fsp3) is 0.750. The summed E-state index contributed by atoms with van der Waals surface area (Å²) >= 11 is 0. The largest absolute Gasteiger partial charge is 0.462 e. The third-order valence-corrected chi connectivity index (χ3v) is 9.16. The molecular formula is C28H38O10. The van der Waals surface area contributed by atoms with Crippen molar-refractivity contribution in [2.24, 2.45) is 22.7 Å². The van der Waals surface area contributed by atoms with Gasteiger partial charge in [-0.05, 0) is 36.3 Å². The predicted molar refractivity (Wildman–Crippen MR) is 131 cm³/mol. The Kier molecular flexibility index (Phi) is 7.04. The number of ketones is 1. The Morgan fingerprint density at radius 2 is 1.42 bits per heavy atom. The van der Waals surface area contributed by atoms with Crippen LogP contribution in [-0.2, 0) is 47.7 Å². The van der Waals surface area contributed by atoms with Crippen LogP contribution in [-0.4, -0.2) is 66.3 Å². The number of ether oxygens (including phenoxy) is 5. The molecule has 1 heterocycles. The Labute approximate surface area is 222 Å². The van der Waals surface area contributed by atoms with Crippen molar-refractivity contribution >= 4 is 29.7 Å². The first kappa shape index (κ1) is 28.3. The fourth-order valence-corrected chi connectivity index (χ4v) is 7.64. The van der Waals surface area contributed by atoms with Crippen LogP contribution in [0.4, 0.5) is 0 Å². The molecule has 210 valence electrons. The molecule has 10 heteroatoms. The minimum Gasteiger partial charge on any atom is -0.462 e. The number of carbonyl (C=O) groups excluding carboxylic acids is 5. The lowest BCUT2D eigenvalue weighted by Gasteiger charge is -2.60. The monoisotopic (exact) mass is 534 g/mol. The maximum absolute atomic E-state index is 13.4. The highest BCUT2D eigenvalue weighted by atomic mass is 16.6. The Morgan fingerprint density at radius 3 is 1.92 bits per heavy atom. The van der Waals surface area contributed by atoms with E-state index in [0.717, 1.165) is 0 Å². The summed E-state index contributed by atoms with van der Waals surface area (Å²) in [4.78, 5) is 63.1. The maximum atomic E-state index is 13.4. The highest BCUT2D eigenvalue weighted by Gasteiger charge is 2.74. The van der Waals surface area contributed by atoms with Gasteiger partial charge in [-0.3, -0.25) is 24.0 Å². The van der Waals surface area contributed by atoms with Crippen LogP contribution in [0.2, 0.25) is 0 Å². The average Bonchev–Trinajstić information content (AvgIpc) is 3.55. The minimum absolute atomic E-state index is 0.0968. The van der Waals surface area contributed by atoms with E-state index in [2.05, 4.69) is 0 Å². The number of hydrogen-bond donors (Lipinski definition) is 0. The number of epoxide rings is 1. The van der Waals surface area contributed by atoms with Crippen LogP contribution in [0.25, 0.3) is 0 Å². The van der Waals surface area contributed by atoms with Gasteiger partial charge in [-0.25, -0.2) is 0 Å². The molecule has 4 rings (SSSR count). The predicted octanol–water partition coefficient (Wildman–Crippen LogP) is 2.84. The quantitative estimate of drug-likeness (QED) is 0.229. The zero-order chi connectivity index (χ0) is 28.4. The Morgan fingerprint density at radius 1 is 0.868 bits per heavy atom. The van der Waals surface area contributed by atoms with Gasteiger partial charge in [0.15, 0.2) is 17.5 Å². The lowest BCUT2D eigenvalue weighted by atomic mass is 9.48. The van der Waals surface area contributed by atoms with E-state index in [0.29, 0.717) is 24.0 Å². The van der Waals surface area contributed by atoms with Crippen molar-refractivity contribution in [2.75, 3.05) is 6.61 Å². The van der Waals surface area contributed by atoms with E-state index in [1.165, 1.54) is 27.7 Å². The molecule has 0 aromatic rings. The van der Waals surface area contributed by atoms with Crippen LogP contribution in [0.3, 0.4) is 0 Å². The molecule has 2 saturated carbocycles. The molecule has 3 aliphatic carbocycles. The molecular weight excluding hydrogens is 496 g/mol. The van der Waals surface area contributed by atoms with Crippen molar-refractivity contribution in [2.45, 2.75) is 105 Å². The molecule has 1 aliphatic heterocycles. The molecule has 4 aliphatic rings. The van der Waals surface area contributed by atoms with Crippen molar-refractivity contribution in [3.8, 4) is 0 Å². The first-order valence-electron chi connectivity index (χ1n) is 13.1. The number of hydrogen-bond acceptors (Lipinski definition) is 10. The number of esters is 4. The van der Waals surface area contributed by atoms with Crippen LogP contribution >= 0.6 is 0 Å². The number of fused-ring (bicyclic) bond motifs is 4. The van der Waals surface area contributed by atoms with Gasteiger partial charge in [0.1, 0.15) is 18.3 Å². The van der Waals surface area contributed by atoms with Gasteiger partial charge >= 0.3 is 23.9 Å². The summed E-state index contributed by atoms with van der Waals surface area (Å²) in [5, 5.41) is 0. The van der Waals surface area contributed by atoms with E-state index in [4.69, 9.17) is 23.7 Å². The summed E-state index contributed by atoms with van der Waals surface area (Å²) < 4.78 is 29.7. The maximum Gasteiger partial charge on any atom is 0.303 e. The second kappa shape index (κ2) is 9.47. The molecule has 0 aromatic heterocycles. The van der Waals surface area contributed by atoms with Gasteiger partial charge in [-0.2, -0.15) is 0 Å². The van der Waals surface area contributed by atoms with Crippen molar-refractivity contribution in [1.29, 1.82) is 0 Å². The molecule has 10 nitrogen and oxygen atoms in total. The molecule has 2 bridgehead atoms. The fourth-order valence-electron chi connectivity index (χ4n) is 7.64. The third-order valence-electron chi connectivity index (χ3n) is 9.16. The molecule has 1 spiro atoms. The van der Waals surface area contributed by atoms with Gasteiger partial charge in [-0.15, -0.1) is 0 Å². The van der Waals surface area contributed by atoms with Crippen molar-refractivity contribution in [3.05, 3.63) is 11.1 Å². The van der Waals surface area contributed by atoms with Crippen LogP contribution < -0.4 is 0 Å². The van der Waals surface area contributed by atoms with Crippen LogP contribution in [0.1, 0.15) is 74.7 Å². The number of rotatable bonds is 4. The van der Waals surface area contributed by atoms with Crippen LogP contribution in [0.5, 0.6) is 0 Å². The zero-order valence-electron chi connectivity index (χ0n) is 23.4. The topological polar surface area (TPSA) is 135 Å². The normalized spacial score (nSPS) is 39.3. The van der Waals surface area contributed by atoms with Gasteiger partial charge in [0, 0.05) is 51.4 Å². The van der Waals surface area contributed by atoms with Crippen LogP contribution in [0.15, 0.2) is 11.1 Å². The second-order valence-electron chi connectivity index (χ2n) is 12.0. The Hall–Kier alpha value is -2.75. The molecule has 1 saturated heterocycles. The van der Waals surface area contributed by atoms with E-state index in [-0.39, 0.29) is 18.8 Å². The lowest BCUT2D eigenvalue weighted by Crippen LogP contribution is -2.67. The summed E-state index contributed by atoms with van der Waals surface area (Å²) in [6, 6.07) is 0. The summed E-state index contributed by atoms with van der Waals surface area (Å²) in [7, 11) is 0. The van der Waals surface area contributed by atoms with Crippen molar-refractivity contribution < 1.29 is 47.7 Å². The molecule has 3 fully saturated rings. The SMILES string of the molecule is CC(=O)O[C@@H]1[C@@H]2C[C@H](OC(C)=O)C(C)=C([C@@H](OC(C)=O)[C@H](OC(C)=O)[C@]3(C)CCC(=O)[C@]4(CO4)[C@@H]13)C2(C)C. The lowest BCUT2D eigenvalue weighted by molar-refractivity contribution is -0.215. The summed E-state index contributed by atoms with van der Waals surface area (Å²) in [6.45, 7) is 12.9. The highest BCUT2D eigenvalue weighted by Crippen LogP contribution is 2.64. The first-order chi connectivity index (χ1) is 17.6. The summed E-state index contributed by atoms with van der Waals surface area (Å²) in [5.74, 6) is -3.42.